The number of likely N-dealkylation sites (tertiary alicyclic amines) is 1. The molecule has 1 saturated heterocycles. The Morgan fingerprint density at radius 2 is 1.74 bits per heavy atom. The maximum absolute atomic E-state index is 4.32. The van der Waals surface area contributed by atoms with Crippen molar-refractivity contribution < 1.29 is 0 Å². The number of nitrogens with one attached hydrogen (secondary N) is 2. The number of hydrogen-bond donors (Lipinski definition) is 2. The van der Waals surface area contributed by atoms with Crippen molar-refractivity contribution in [1.29, 1.82) is 0 Å². The average Bonchev–Trinajstić information content (AvgIpc) is 2.72. The number of hydrogen-bond acceptors (Lipinski definition) is 3. The molecule has 0 aliphatic carbocycles. The molecule has 1 aromatic carbocycles. The second kappa shape index (κ2) is 10.1. The van der Waals surface area contributed by atoms with Crippen molar-refractivity contribution in [2.24, 2.45) is 10.9 Å². The maximum atomic E-state index is 4.32. The molecule has 0 bridgehead atoms. The molecule has 5 nitrogen and oxygen atoms in total. The van der Waals surface area contributed by atoms with Gasteiger partial charge in [-0.3, -0.25) is 14.9 Å². The highest BCUT2D eigenvalue weighted by Crippen LogP contribution is 2.18. The van der Waals surface area contributed by atoms with Gasteiger partial charge in [-0.15, -0.1) is 0 Å². The van der Waals surface area contributed by atoms with E-state index in [0.29, 0.717) is 6.54 Å². The van der Waals surface area contributed by atoms with Gasteiger partial charge in [-0.25, -0.2) is 0 Å². The van der Waals surface area contributed by atoms with E-state index in [9.17, 15) is 0 Å². The van der Waals surface area contributed by atoms with Gasteiger partial charge in [0.1, 0.15) is 0 Å². The van der Waals surface area contributed by atoms with Gasteiger partial charge in [0, 0.05) is 26.3 Å². The van der Waals surface area contributed by atoms with E-state index in [1.165, 1.54) is 37.1 Å². The van der Waals surface area contributed by atoms with Crippen LogP contribution < -0.4 is 10.6 Å². The van der Waals surface area contributed by atoms with E-state index in [0.717, 1.165) is 30.7 Å². The quantitative estimate of drug-likeness (QED) is 0.610. The number of benzene rings is 1. The van der Waals surface area contributed by atoms with Gasteiger partial charge in [-0.05, 0) is 55.1 Å². The first kappa shape index (κ1) is 19.4. The number of aromatic nitrogens is 1. The third kappa shape index (κ3) is 6.36. The van der Waals surface area contributed by atoms with Crippen LogP contribution in [0.15, 0.2) is 53.7 Å². The van der Waals surface area contributed by atoms with Crippen molar-refractivity contribution in [3.05, 3.63) is 65.5 Å². The van der Waals surface area contributed by atoms with E-state index < -0.39 is 0 Å². The van der Waals surface area contributed by atoms with Crippen LogP contribution in [0.3, 0.4) is 0 Å². The van der Waals surface area contributed by atoms with Crippen LogP contribution in [0.1, 0.15) is 36.6 Å². The molecular formula is C22H31N5. The van der Waals surface area contributed by atoms with Crippen LogP contribution in [0.4, 0.5) is 0 Å². The third-order valence-corrected chi connectivity index (χ3v) is 5.15. The largest absolute Gasteiger partial charge is 0.352 e. The molecule has 1 fully saturated rings. The van der Waals surface area contributed by atoms with Crippen molar-refractivity contribution in [3.8, 4) is 0 Å². The second-order valence-corrected chi connectivity index (χ2v) is 7.38. The van der Waals surface area contributed by atoms with Gasteiger partial charge in [0.05, 0.1) is 12.2 Å². The summed E-state index contributed by atoms with van der Waals surface area (Å²) in [6.07, 6.45) is 4.46. The standard InChI is InChI=1S/C22H31N5/c1-18-10-13-27(14-11-18)17-20-8-6-19(7-9-20)15-25-22(23-2)26-16-21-5-3-4-12-24-21/h3-9,12,18H,10-11,13-17H2,1-2H3,(H2,23,25,26). The van der Waals surface area contributed by atoms with Gasteiger partial charge in [-0.2, -0.15) is 0 Å². The van der Waals surface area contributed by atoms with E-state index in [2.05, 4.69) is 56.7 Å². The fourth-order valence-corrected chi connectivity index (χ4v) is 3.32. The molecule has 0 saturated carbocycles. The Kier molecular flexibility index (Phi) is 7.22. The first-order valence-electron chi connectivity index (χ1n) is 9.87. The zero-order valence-electron chi connectivity index (χ0n) is 16.5. The first-order valence-corrected chi connectivity index (χ1v) is 9.87. The van der Waals surface area contributed by atoms with E-state index >= 15 is 0 Å². The number of rotatable bonds is 6. The summed E-state index contributed by atoms with van der Waals surface area (Å²) in [4.78, 5) is 11.2. The molecule has 0 spiro atoms. The topological polar surface area (TPSA) is 52.6 Å². The average molecular weight is 366 g/mol. The van der Waals surface area contributed by atoms with Gasteiger partial charge < -0.3 is 10.6 Å². The van der Waals surface area contributed by atoms with Crippen LogP contribution >= 0.6 is 0 Å². The van der Waals surface area contributed by atoms with Gasteiger partial charge >= 0.3 is 0 Å². The first-order chi connectivity index (χ1) is 13.2. The van der Waals surface area contributed by atoms with Crippen molar-refractivity contribution in [1.82, 2.24) is 20.5 Å². The van der Waals surface area contributed by atoms with Gasteiger partial charge in [0.2, 0.25) is 0 Å². The molecule has 144 valence electrons. The van der Waals surface area contributed by atoms with Gasteiger partial charge in [0.25, 0.3) is 0 Å². The molecule has 0 radical (unpaired) electrons. The van der Waals surface area contributed by atoms with E-state index in [1.807, 2.05) is 18.2 Å². The Balaban J connectivity index is 1.43. The van der Waals surface area contributed by atoms with Crippen LogP contribution in [0, 0.1) is 5.92 Å². The molecule has 5 heteroatoms. The van der Waals surface area contributed by atoms with E-state index in [4.69, 9.17) is 0 Å². The minimum absolute atomic E-state index is 0.661. The summed E-state index contributed by atoms with van der Waals surface area (Å²) in [6.45, 7) is 7.29. The Morgan fingerprint density at radius 1 is 1.04 bits per heavy atom. The van der Waals surface area contributed by atoms with Crippen LogP contribution in [0.2, 0.25) is 0 Å². The molecule has 2 aromatic rings. The molecule has 1 aliphatic rings. The number of nitrogens with zero attached hydrogens (tertiary/aromatic N) is 3. The molecule has 0 amide bonds. The van der Waals surface area contributed by atoms with Crippen LogP contribution in [-0.4, -0.2) is 36.0 Å². The number of piperidine rings is 1. The summed E-state index contributed by atoms with van der Waals surface area (Å²) in [5.74, 6) is 1.67. The molecule has 27 heavy (non-hydrogen) atoms. The monoisotopic (exact) mass is 365 g/mol. The summed E-state index contributed by atoms with van der Waals surface area (Å²) in [7, 11) is 1.79. The zero-order chi connectivity index (χ0) is 18.9. The lowest BCUT2D eigenvalue weighted by Crippen LogP contribution is -2.36. The highest BCUT2D eigenvalue weighted by molar-refractivity contribution is 5.79. The van der Waals surface area contributed by atoms with Crippen molar-refractivity contribution in [3.63, 3.8) is 0 Å². The predicted molar refractivity (Wildman–Crippen MR) is 111 cm³/mol. The fraction of sp³-hybridized carbons (Fsp3) is 0.455. The van der Waals surface area contributed by atoms with Crippen molar-refractivity contribution in [2.75, 3.05) is 20.1 Å². The van der Waals surface area contributed by atoms with Crippen LogP contribution in [0.25, 0.3) is 0 Å². The minimum atomic E-state index is 0.661. The summed E-state index contributed by atoms with van der Waals surface area (Å²) < 4.78 is 0. The normalized spacial score (nSPS) is 16.3. The third-order valence-electron chi connectivity index (χ3n) is 5.15. The van der Waals surface area contributed by atoms with Gasteiger partial charge in [0.15, 0.2) is 5.96 Å². The highest BCUT2D eigenvalue weighted by Gasteiger charge is 2.15. The molecule has 1 aromatic heterocycles. The lowest BCUT2D eigenvalue weighted by atomic mass is 9.99. The molecule has 2 heterocycles. The summed E-state index contributed by atoms with van der Waals surface area (Å²) in [5.41, 5.74) is 3.65. The maximum Gasteiger partial charge on any atom is 0.191 e. The molecule has 0 atom stereocenters. The molecule has 2 N–H and O–H groups in total. The Hall–Kier alpha value is -2.40. The number of guanidine groups is 1. The van der Waals surface area contributed by atoms with Crippen molar-refractivity contribution in [2.45, 2.75) is 39.4 Å². The molecule has 1 aliphatic heterocycles. The Bertz CT molecular complexity index is 703. The zero-order valence-corrected chi connectivity index (χ0v) is 16.5. The smallest absolute Gasteiger partial charge is 0.191 e. The number of aliphatic imine (C=N–C) groups is 1. The SMILES string of the molecule is CN=C(NCc1ccc(CN2CCC(C)CC2)cc1)NCc1ccccn1. The lowest BCUT2D eigenvalue weighted by molar-refractivity contribution is 0.185. The van der Waals surface area contributed by atoms with E-state index in [-0.39, 0.29) is 0 Å². The van der Waals surface area contributed by atoms with Crippen LogP contribution in [-0.2, 0) is 19.6 Å². The van der Waals surface area contributed by atoms with Gasteiger partial charge in [-0.1, -0.05) is 37.3 Å². The summed E-state index contributed by atoms with van der Waals surface area (Å²) in [5, 5.41) is 6.66. The predicted octanol–water partition coefficient (Wildman–Crippen LogP) is 3.18. The van der Waals surface area contributed by atoms with Crippen molar-refractivity contribution >= 4 is 5.96 Å². The summed E-state index contributed by atoms with van der Waals surface area (Å²) >= 11 is 0. The molecular weight excluding hydrogens is 334 g/mol. The number of pyridine rings is 1. The second-order valence-electron chi connectivity index (χ2n) is 7.38. The highest BCUT2D eigenvalue weighted by atomic mass is 15.2. The summed E-state index contributed by atoms with van der Waals surface area (Å²) in [6, 6.07) is 14.8. The molecule has 3 rings (SSSR count). The fourth-order valence-electron chi connectivity index (χ4n) is 3.32. The Morgan fingerprint density at radius 3 is 2.41 bits per heavy atom. The Labute approximate surface area is 162 Å². The lowest BCUT2D eigenvalue weighted by Gasteiger charge is -2.30. The minimum Gasteiger partial charge on any atom is -0.352 e. The van der Waals surface area contributed by atoms with Crippen LogP contribution in [0.5, 0.6) is 0 Å². The van der Waals surface area contributed by atoms with E-state index in [1.54, 1.807) is 13.2 Å². The molecule has 0 unspecified atom stereocenters.